The van der Waals surface area contributed by atoms with E-state index in [4.69, 9.17) is 31.9 Å². The Kier molecular flexibility index (Phi) is 8.68. The van der Waals surface area contributed by atoms with Crippen LogP contribution in [0, 0.1) is 6.92 Å². The van der Waals surface area contributed by atoms with E-state index < -0.39 is 10.0 Å². The van der Waals surface area contributed by atoms with Gasteiger partial charge in [0.05, 0.1) is 31.3 Å². The van der Waals surface area contributed by atoms with Crippen molar-refractivity contribution in [3.63, 3.8) is 0 Å². The fourth-order valence-electron chi connectivity index (χ4n) is 4.36. The molecule has 32 heavy (non-hydrogen) atoms. The first-order chi connectivity index (χ1) is 15.2. The van der Waals surface area contributed by atoms with Crippen molar-refractivity contribution < 1.29 is 17.9 Å². The minimum atomic E-state index is -3.89. The maximum Gasteiger partial charge on any atom is 0.238 e. The van der Waals surface area contributed by atoms with Crippen LogP contribution in [0.4, 0.5) is 0 Å². The molecule has 0 amide bonds. The number of nitrogens with two attached hydrogens (primary N) is 2. The van der Waals surface area contributed by atoms with Crippen LogP contribution in [0.15, 0.2) is 35.2 Å². The molecule has 0 aliphatic carbocycles. The second kappa shape index (κ2) is 11.1. The zero-order chi connectivity index (χ0) is 23.3. The van der Waals surface area contributed by atoms with Crippen molar-refractivity contribution in [3.8, 4) is 0 Å². The summed E-state index contributed by atoms with van der Waals surface area (Å²) >= 11 is 6.40. The fraction of sp³-hybridized carbons (Fsp3) is 0.478. The lowest BCUT2D eigenvalue weighted by Gasteiger charge is -2.35. The average Bonchev–Trinajstić information content (AvgIpc) is 2.72. The Morgan fingerprint density at radius 2 is 1.84 bits per heavy atom. The topological polar surface area (TPSA) is 108 Å². The molecule has 0 spiro atoms. The van der Waals surface area contributed by atoms with Gasteiger partial charge in [0.15, 0.2) is 0 Å². The van der Waals surface area contributed by atoms with Crippen molar-refractivity contribution in [2.75, 3.05) is 46.6 Å². The molecular weight excluding hydrogens is 450 g/mol. The molecule has 2 aromatic carbocycles. The van der Waals surface area contributed by atoms with Gasteiger partial charge in [-0.2, -0.15) is 0 Å². The molecule has 2 aromatic rings. The summed E-state index contributed by atoms with van der Waals surface area (Å²) in [7, 11) is -1.82. The molecule has 0 aromatic heterocycles. The number of aryl methyl sites for hydroxylation is 1. The molecule has 1 heterocycles. The lowest BCUT2D eigenvalue weighted by molar-refractivity contribution is 0.0517. The summed E-state index contributed by atoms with van der Waals surface area (Å²) in [5, 5.41) is 6.26. The Bertz CT molecular complexity index is 1050. The first-order valence-corrected chi connectivity index (χ1v) is 12.6. The lowest BCUT2D eigenvalue weighted by atomic mass is 9.81. The number of primary sulfonamides is 1. The van der Waals surface area contributed by atoms with E-state index >= 15 is 0 Å². The SMILES string of the molecule is Cc1cc(Cl)cc2c1CN(C)CC2c1cccc(S(N)(=O)=O)c1CCOCCOCCN. The van der Waals surface area contributed by atoms with Crippen molar-refractivity contribution in [3.05, 3.63) is 63.2 Å². The smallest absolute Gasteiger partial charge is 0.238 e. The van der Waals surface area contributed by atoms with Gasteiger partial charge in [-0.05, 0) is 66.4 Å². The average molecular weight is 482 g/mol. The number of hydrogen-bond donors (Lipinski definition) is 2. The van der Waals surface area contributed by atoms with Gasteiger partial charge in [0.1, 0.15) is 0 Å². The van der Waals surface area contributed by atoms with E-state index in [0.717, 1.165) is 29.8 Å². The summed E-state index contributed by atoms with van der Waals surface area (Å²) in [6.45, 7) is 5.80. The molecule has 1 aliphatic rings. The summed E-state index contributed by atoms with van der Waals surface area (Å²) in [5.41, 5.74) is 10.5. The predicted molar refractivity (Wildman–Crippen MR) is 127 cm³/mol. The zero-order valence-electron chi connectivity index (χ0n) is 18.6. The molecule has 0 saturated carbocycles. The third-order valence-electron chi connectivity index (χ3n) is 5.75. The number of likely N-dealkylation sites (N-methyl/N-ethyl adjacent to an activating group) is 1. The van der Waals surface area contributed by atoms with Crippen LogP contribution in [-0.2, 0) is 32.5 Å². The molecule has 3 rings (SSSR count). The molecule has 0 saturated heterocycles. The molecule has 1 unspecified atom stereocenters. The van der Waals surface area contributed by atoms with Gasteiger partial charge < -0.3 is 20.1 Å². The number of fused-ring (bicyclic) bond motifs is 1. The van der Waals surface area contributed by atoms with Crippen molar-refractivity contribution in [2.45, 2.75) is 30.7 Å². The number of rotatable bonds is 10. The van der Waals surface area contributed by atoms with Crippen LogP contribution in [0.25, 0.3) is 0 Å². The van der Waals surface area contributed by atoms with Gasteiger partial charge >= 0.3 is 0 Å². The molecule has 0 bridgehead atoms. The Hall–Kier alpha value is -1.52. The highest BCUT2D eigenvalue weighted by atomic mass is 35.5. The first kappa shape index (κ1) is 25.1. The normalized spacial score (nSPS) is 16.8. The molecule has 1 atom stereocenters. The molecule has 1 aliphatic heterocycles. The Morgan fingerprint density at radius 3 is 2.53 bits per heavy atom. The van der Waals surface area contributed by atoms with Crippen LogP contribution in [-0.4, -0.2) is 59.9 Å². The van der Waals surface area contributed by atoms with Crippen molar-refractivity contribution in [2.24, 2.45) is 10.9 Å². The molecule has 176 valence electrons. The van der Waals surface area contributed by atoms with E-state index in [1.165, 1.54) is 5.56 Å². The van der Waals surface area contributed by atoms with Gasteiger partial charge in [-0.15, -0.1) is 0 Å². The maximum atomic E-state index is 12.4. The maximum absolute atomic E-state index is 12.4. The van der Waals surface area contributed by atoms with E-state index in [2.05, 4.69) is 18.9 Å². The standard InChI is InChI=1S/C23H32ClN3O4S/c1-16-12-17(24)13-20-21(16)14-27(2)15-22(20)18-4-3-5-23(32(26,28)29)19(18)6-8-30-10-11-31-9-7-25/h3-5,12-13,22H,6-11,14-15,25H2,1-2H3,(H2,26,28,29). The monoisotopic (exact) mass is 481 g/mol. The lowest BCUT2D eigenvalue weighted by Crippen LogP contribution is -2.32. The molecular formula is C23H32ClN3O4S. The third kappa shape index (κ3) is 6.08. The minimum Gasteiger partial charge on any atom is -0.379 e. The number of sulfonamides is 1. The van der Waals surface area contributed by atoms with E-state index in [0.29, 0.717) is 50.0 Å². The van der Waals surface area contributed by atoms with Crippen molar-refractivity contribution >= 4 is 21.6 Å². The molecule has 0 radical (unpaired) electrons. The molecule has 0 fully saturated rings. The quantitative estimate of drug-likeness (QED) is 0.504. The number of ether oxygens (including phenoxy) is 2. The second-order valence-corrected chi connectivity index (χ2v) is 10.1. The summed E-state index contributed by atoms with van der Waals surface area (Å²) in [6, 6.07) is 9.28. The van der Waals surface area contributed by atoms with E-state index in [1.807, 2.05) is 18.2 Å². The van der Waals surface area contributed by atoms with Gasteiger partial charge in [-0.3, -0.25) is 0 Å². The Balaban J connectivity index is 1.95. The summed E-state index contributed by atoms with van der Waals surface area (Å²) in [4.78, 5) is 2.39. The second-order valence-electron chi connectivity index (χ2n) is 8.17. The van der Waals surface area contributed by atoms with Crippen LogP contribution < -0.4 is 10.9 Å². The molecule has 4 N–H and O–H groups in total. The molecule has 9 heteroatoms. The van der Waals surface area contributed by atoms with Gasteiger partial charge in [0.2, 0.25) is 10.0 Å². The zero-order valence-corrected chi connectivity index (χ0v) is 20.2. The third-order valence-corrected chi connectivity index (χ3v) is 6.97. The number of halogens is 1. The highest BCUT2D eigenvalue weighted by molar-refractivity contribution is 7.89. The minimum absolute atomic E-state index is 0.0225. The van der Waals surface area contributed by atoms with Gasteiger partial charge in [-0.25, -0.2) is 13.6 Å². The summed E-state index contributed by atoms with van der Waals surface area (Å²) in [6.07, 6.45) is 0.425. The number of nitrogens with zero attached hydrogens (tertiary/aromatic N) is 1. The van der Waals surface area contributed by atoms with Crippen LogP contribution in [0.2, 0.25) is 5.02 Å². The van der Waals surface area contributed by atoms with Crippen LogP contribution in [0.1, 0.15) is 33.7 Å². The van der Waals surface area contributed by atoms with Crippen molar-refractivity contribution in [1.29, 1.82) is 0 Å². The van der Waals surface area contributed by atoms with Crippen LogP contribution >= 0.6 is 11.6 Å². The summed E-state index contributed by atoms with van der Waals surface area (Å²) in [5.74, 6) is -0.0225. The molecule has 7 nitrogen and oxygen atoms in total. The van der Waals surface area contributed by atoms with Gasteiger partial charge in [0.25, 0.3) is 0 Å². The predicted octanol–water partition coefficient (Wildman–Crippen LogP) is 2.41. The van der Waals surface area contributed by atoms with Crippen LogP contribution in [0.5, 0.6) is 0 Å². The first-order valence-electron chi connectivity index (χ1n) is 10.7. The van der Waals surface area contributed by atoms with E-state index in [-0.39, 0.29) is 10.8 Å². The highest BCUT2D eigenvalue weighted by Crippen LogP contribution is 2.39. The Morgan fingerprint density at radius 1 is 1.12 bits per heavy atom. The largest absolute Gasteiger partial charge is 0.379 e. The Labute approximate surface area is 195 Å². The summed E-state index contributed by atoms with van der Waals surface area (Å²) < 4.78 is 35.8. The van der Waals surface area contributed by atoms with Gasteiger partial charge in [-0.1, -0.05) is 23.7 Å². The van der Waals surface area contributed by atoms with E-state index in [1.54, 1.807) is 12.1 Å². The fourth-order valence-corrected chi connectivity index (χ4v) is 5.47. The van der Waals surface area contributed by atoms with Crippen LogP contribution in [0.3, 0.4) is 0 Å². The number of benzene rings is 2. The number of hydrogen-bond acceptors (Lipinski definition) is 6. The van der Waals surface area contributed by atoms with E-state index in [9.17, 15) is 8.42 Å². The van der Waals surface area contributed by atoms with Crippen molar-refractivity contribution in [1.82, 2.24) is 4.90 Å². The van der Waals surface area contributed by atoms with Gasteiger partial charge in [0, 0.05) is 30.6 Å². The highest BCUT2D eigenvalue weighted by Gasteiger charge is 2.30.